The van der Waals surface area contributed by atoms with Crippen LogP contribution in [0.25, 0.3) is 0 Å². The van der Waals surface area contributed by atoms with Gasteiger partial charge in [-0.3, -0.25) is 0 Å². The van der Waals surface area contributed by atoms with Crippen LogP contribution in [-0.4, -0.2) is 22.8 Å². The molecule has 5 nitrogen and oxygen atoms in total. The van der Waals surface area contributed by atoms with Crippen molar-refractivity contribution in [2.75, 3.05) is 0 Å². The number of nitrogens with zero attached hydrogens (tertiary/aromatic N) is 1. The minimum atomic E-state index is -3.31. The normalized spacial score (nSPS) is 12.0. The summed E-state index contributed by atoms with van der Waals surface area (Å²) < 4.78 is 41.0. The van der Waals surface area contributed by atoms with Gasteiger partial charge in [-0.25, -0.2) is 9.18 Å². The van der Waals surface area contributed by atoms with Crippen LogP contribution in [0.1, 0.15) is 17.2 Å². The van der Waals surface area contributed by atoms with Gasteiger partial charge in [0.2, 0.25) is 0 Å². The number of ether oxygens (including phenoxy) is 1. The van der Waals surface area contributed by atoms with E-state index in [1.54, 1.807) is 0 Å². The van der Waals surface area contributed by atoms with Gasteiger partial charge in [-0.15, -0.1) is 0 Å². The van der Waals surface area contributed by atoms with Gasteiger partial charge in [0.25, 0.3) is 0 Å². The molecule has 0 aromatic heterocycles. The molecule has 0 radical (unpaired) electrons. The maximum atomic E-state index is 13.1. The van der Waals surface area contributed by atoms with Crippen LogP contribution in [0.5, 0.6) is 5.75 Å². The van der Waals surface area contributed by atoms with E-state index in [-0.39, 0.29) is 0 Å². The van der Waals surface area contributed by atoms with Crippen LogP contribution >= 0.6 is 0 Å². The van der Waals surface area contributed by atoms with Gasteiger partial charge in [0.1, 0.15) is 23.2 Å². The van der Waals surface area contributed by atoms with E-state index in [0.717, 1.165) is 0 Å². The van der Waals surface area contributed by atoms with Crippen molar-refractivity contribution in [2.45, 2.75) is 12.7 Å². The predicted molar refractivity (Wildman–Crippen MR) is 50.3 cm³/mol. The highest BCUT2D eigenvalue weighted by atomic mass is 19.3. The summed E-state index contributed by atoms with van der Waals surface area (Å²) in [7, 11) is 0. The number of aliphatic carboxylic acids is 1. The first-order chi connectivity index (χ1) is 8.36. The Labute approximate surface area is 98.6 Å². The summed E-state index contributed by atoms with van der Waals surface area (Å²) >= 11 is 0. The van der Waals surface area contributed by atoms with Gasteiger partial charge in [-0.05, 0) is 6.07 Å². The molecular formula is C10H6F3NO4. The summed E-state index contributed by atoms with van der Waals surface area (Å²) in [5.41, 5.74) is -1.31. The van der Waals surface area contributed by atoms with E-state index >= 15 is 0 Å². The van der Waals surface area contributed by atoms with Crippen molar-refractivity contribution >= 4 is 5.97 Å². The second kappa shape index (κ2) is 5.37. The van der Waals surface area contributed by atoms with Gasteiger partial charge in [-0.2, -0.15) is 14.0 Å². The second-order valence-electron chi connectivity index (χ2n) is 3.10. The minimum Gasteiger partial charge on any atom is -0.479 e. The highest BCUT2D eigenvalue weighted by molar-refractivity contribution is 5.75. The highest BCUT2D eigenvalue weighted by Gasteiger charge is 2.24. The van der Waals surface area contributed by atoms with Gasteiger partial charge in [0.15, 0.2) is 6.10 Å². The zero-order valence-electron chi connectivity index (χ0n) is 8.60. The number of aliphatic hydroxyl groups is 1. The largest absolute Gasteiger partial charge is 0.479 e. The molecule has 0 aliphatic carbocycles. The van der Waals surface area contributed by atoms with Crippen molar-refractivity contribution in [2.24, 2.45) is 0 Å². The van der Waals surface area contributed by atoms with Gasteiger partial charge >= 0.3 is 12.6 Å². The molecule has 0 aliphatic rings. The molecule has 0 aliphatic heterocycles. The molecule has 0 spiro atoms. The lowest BCUT2D eigenvalue weighted by Gasteiger charge is -2.12. The van der Waals surface area contributed by atoms with Crippen molar-refractivity contribution in [3.05, 3.63) is 29.1 Å². The van der Waals surface area contributed by atoms with E-state index in [4.69, 9.17) is 10.4 Å². The Balaban J connectivity index is 3.38. The number of aliphatic hydroxyl groups excluding tert-OH is 1. The molecule has 0 fully saturated rings. The average molecular weight is 261 g/mol. The molecule has 8 heteroatoms. The molecule has 18 heavy (non-hydrogen) atoms. The number of hydrogen-bond donors (Lipinski definition) is 2. The lowest BCUT2D eigenvalue weighted by atomic mass is 10.0. The fraction of sp³-hybridized carbons (Fsp3) is 0.200. The molecule has 2 N–H and O–H groups in total. The summed E-state index contributed by atoms with van der Waals surface area (Å²) in [6.07, 6.45) is -2.21. The third-order valence-corrected chi connectivity index (χ3v) is 1.95. The third kappa shape index (κ3) is 2.89. The summed E-state index contributed by atoms with van der Waals surface area (Å²) in [6.45, 7) is -3.31. The Morgan fingerprint density at radius 2 is 2.06 bits per heavy atom. The number of rotatable bonds is 4. The molecule has 0 saturated carbocycles. The molecule has 1 aromatic rings. The van der Waals surface area contributed by atoms with Crippen molar-refractivity contribution in [1.82, 2.24) is 0 Å². The molecule has 1 rings (SSSR count). The van der Waals surface area contributed by atoms with E-state index < -0.39 is 41.4 Å². The number of benzene rings is 1. The first-order valence-corrected chi connectivity index (χ1v) is 4.46. The number of carboxylic acid groups (broad SMARTS) is 1. The van der Waals surface area contributed by atoms with E-state index in [0.29, 0.717) is 12.1 Å². The van der Waals surface area contributed by atoms with Gasteiger partial charge in [-0.1, -0.05) is 0 Å². The standard InChI is InChI=1S/C10H6F3NO4/c11-4-1-5(8(15)9(16)17)6(3-14)7(2-4)18-10(12)13/h1-2,8,10,15H,(H,16,17). The minimum absolute atomic E-state index is 0.503. The number of halogens is 3. The Kier molecular flexibility index (Phi) is 4.12. The molecule has 1 atom stereocenters. The molecule has 0 heterocycles. The lowest BCUT2D eigenvalue weighted by molar-refractivity contribution is -0.146. The number of carbonyl (C=O) groups is 1. The molecule has 1 aromatic carbocycles. The lowest BCUT2D eigenvalue weighted by Crippen LogP contribution is -2.14. The summed E-state index contributed by atoms with van der Waals surface area (Å²) in [5, 5.41) is 26.5. The Morgan fingerprint density at radius 3 is 2.50 bits per heavy atom. The van der Waals surface area contributed by atoms with Crippen LogP contribution in [0.4, 0.5) is 13.2 Å². The van der Waals surface area contributed by atoms with Crippen molar-refractivity contribution in [1.29, 1.82) is 5.26 Å². The van der Waals surface area contributed by atoms with Gasteiger partial charge in [0, 0.05) is 11.6 Å². The Morgan fingerprint density at radius 1 is 1.44 bits per heavy atom. The smallest absolute Gasteiger partial charge is 0.387 e. The SMILES string of the molecule is N#Cc1c(OC(F)F)cc(F)cc1C(O)C(=O)O. The van der Waals surface area contributed by atoms with E-state index in [1.165, 1.54) is 6.07 Å². The van der Waals surface area contributed by atoms with E-state index in [2.05, 4.69) is 4.74 Å². The van der Waals surface area contributed by atoms with Crippen LogP contribution in [0.2, 0.25) is 0 Å². The molecule has 1 unspecified atom stereocenters. The maximum Gasteiger partial charge on any atom is 0.387 e. The molecule has 96 valence electrons. The van der Waals surface area contributed by atoms with E-state index in [1.807, 2.05) is 0 Å². The van der Waals surface area contributed by atoms with Crippen molar-refractivity contribution in [3.63, 3.8) is 0 Å². The Hall–Kier alpha value is -2.27. The molecular weight excluding hydrogens is 255 g/mol. The molecule has 0 saturated heterocycles. The average Bonchev–Trinajstić information content (AvgIpc) is 2.26. The number of hydrogen-bond acceptors (Lipinski definition) is 4. The monoisotopic (exact) mass is 261 g/mol. The highest BCUT2D eigenvalue weighted by Crippen LogP contribution is 2.29. The number of alkyl halides is 2. The number of nitriles is 1. The zero-order chi connectivity index (χ0) is 13.9. The molecule has 0 amide bonds. The second-order valence-corrected chi connectivity index (χ2v) is 3.10. The van der Waals surface area contributed by atoms with E-state index in [9.17, 15) is 23.1 Å². The summed E-state index contributed by atoms with van der Waals surface area (Å²) in [5.74, 6) is -3.69. The first-order valence-electron chi connectivity index (χ1n) is 4.46. The van der Waals surface area contributed by atoms with Crippen LogP contribution in [0, 0.1) is 17.1 Å². The predicted octanol–water partition coefficient (Wildman–Crippen LogP) is 1.42. The van der Waals surface area contributed by atoms with Gasteiger partial charge < -0.3 is 14.9 Å². The van der Waals surface area contributed by atoms with Crippen LogP contribution in [-0.2, 0) is 4.79 Å². The van der Waals surface area contributed by atoms with Crippen molar-refractivity contribution < 1.29 is 32.9 Å². The summed E-state index contributed by atoms with van der Waals surface area (Å²) in [6, 6.07) is 2.45. The Bertz CT molecular complexity index is 513. The van der Waals surface area contributed by atoms with Crippen molar-refractivity contribution in [3.8, 4) is 11.8 Å². The zero-order valence-corrected chi connectivity index (χ0v) is 8.60. The first kappa shape index (κ1) is 13.8. The fourth-order valence-corrected chi connectivity index (χ4v) is 1.26. The van der Waals surface area contributed by atoms with Crippen LogP contribution < -0.4 is 4.74 Å². The number of carboxylic acids is 1. The third-order valence-electron chi connectivity index (χ3n) is 1.95. The van der Waals surface area contributed by atoms with Crippen LogP contribution in [0.3, 0.4) is 0 Å². The maximum absolute atomic E-state index is 13.1. The fourth-order valence-electron chi connectivity index (χ4n) is 1.26. The molecule has 0 bridgehead atoms. The van der Waals surface area contributed by atoms with Crippen LogP contribution in [0.15, 0.2) is 12.1 Å². The topological polar surface area (TPSA) is 90.5 Å². The van der Waals surface area contributed by atoms with Gasteiger partial charge in [0.05, 0.1) is 0 Å². The quantitative estimate of drug-likeness (QED) is 0.855. The summed E-state index contributed by atoms with van der Waals surface area (Å²) in [4.78, 5) is 10.5.